The molecule has 2 rings (SSSR count). The molecule has 1 aromatic carbocycles. The van der Waals surface area contributed by atoms with Crippen LogP contribution in [0.3, 0.4) is 0 Å². The molecule has 0 fully saturated rings. The van der Waals surface area contributed by atoms with Gasteiger partial charge < -0.3 is 10.1 Å². The van der Waals surface area contributed by atoms with E-state index >= 15 is 0 Å². The van der Waals surface area contributed by atoms with E-state index in [4.69, 9.17) is 4.74 Å². The minimum absolute atomic E-state index is 0.127. The number of amides is 1. The lowest BCUT2D eigenvalue weighted by Crippen LogP contribution is -2.36. The number of esters is 1. The second-order valence-corrected chi connectivity index (χ2v) is 5.03. The maximum Gasteiger partial charge on any atom is 0.310 e. The van der Waals surface area contributed by atoms with Gasteiger partial charge in [-0.05, 0) is 18.6 Å². The highest BCUT2D eigenvalue weighted by molar-refractivity contribution is 5.94. The summed E-state index contributed by atoms with van der Waals surface area (Å²) in [5.74, 6) is -2.43. The number of carbonyl (C=O) groups is 2. The van der Waals surface area contributed by atoms with Crippen molar-refractivity contribution in [1.82, 2.24) is 10.3 Å². The molecule has 1 aromatic heterocycles. The second-order valence-electron chi connectivity index (χ2n) is 5.03. The fraction of sp³-hybridized carbons (Fsp3) is 0.235. The minimum atomic E-state index is -0.720. The molecule has 0 aliphatic rings. The van der Waals surface area contributed by atoms with E-state index < -0.39 is 29.7 Å². The largest absolute Gasteiger partial charge is 0.469 e. The fourth-order valence-corrected chi connectivity index (χ4v) is 2.26. The molecule has 1 N–H and O–H groups in total. The summed E-state index contributed by atoms with van der Waals surface area (Å²) in [6, 6.07) is 9.64. The van der Waals surface area contributed by atoms with Crippen LogP contribution in [0.5, 0.6) is 0 Å². The number of methoxy groups -OCH3 is 1. The molecule has 0 unspecified atom stereocenters. The number of benzene rings is 1. The molecule has 1 amide bonds. The molecule has 120 valence electrons. The average molecular weight is 316 g/mol. The van der Waals surface area contributed by atoms with Crippen LogP contribution in [0, 0.1) is 11.7 Å². The molecule has 2 aromatic rings. The van der Waals surface area contributed by atoms with E-state index in [1.165, 1.54) is 19.4 Å². The molecule has 1 heterocycles. The number of carbonyl (C=O) groups excluding carboxylic acids is 2. The molecule has 0 spiro atoms. The van der Waals surface area contributed by atoms with Crippen molar-refractivity contribution < 1.29 is 18.7 Å². The van der Waals surface area contributed by atoms with Gasteiger partial charge in [0.15, 0.2) is 5.82 Å². The highest BCUT2D eigenvalue weighted by Gasteiger charge is 2.28. The van der Waals surface area contributed by atoms with E-state index in [9.17, 15) is 14.0 Å². The predicted octanol–water partition coefficient (Wildman–Crippen LogP) is 2.50. The number of hydrogen-bond acceptors (Lipinski definition) is 4. The maximum absolute atomic E-state index is 13.7. The third kappa shape index (κ3) is 3.91. The Hall–Kier alpha value is -2.76. The van der Waals surface area contributed by atoms with Crippen molar-refractivity contribution in [2.24, 2.45) is 5.92 Å². The van der Waals surface area contributed by atoms with Gasteiger partial charge in [0.1, 0.15) is 0 Å². The Labute approximate surface area is 133 Å². The van der Waals surface area contributed by atoms with Gasteiger partial charge in [-0.25, -0.2) is 4.39 Å². The second kappa shape index (κ2) is 7.49. The smallest absolute Gasteiger partial charge is 0.310 e. The zero-order valence-corrected chi connectivity index (χ0v) is 12.8. The van der Waals surface area contributed by atoms with Crippen LogP contribution in [0.2, 0.25) is 0 Å². The Kier molecular flexibility index (Phi) is 5.41. The third-order valence-electron chi connectivity index (χ3n) is 3.54. The molecular weight excluding hydrogens is 299 g/mol. The predicted molar refractivity (Wildman–Crippen MR) is 82.0 cm³/mol. The van der Waals surface area contributed by atoms with Gasteiger partial charge in [0, 0.05) is 6.20 Å². The number of aromatic nitrogens is 1. The van der Waals surface area contributed by atoms with Gasteiger partial charge in [-0.3, -0.25) is 14.6 Å². The van der Waals surface area contributed by atoms with Crippen molar-refractivity contribution in [2.75, 3.05) is 7.11 Å². The van der Waals surface area contributed by atoms with E-state index in [1.807, 2.05) is 6.07 Å². The lowest BCUT2D eigenvalue weighted by molar-refractivity contribution is -0.145. The molecule has 0 radical (unpaired) electrons. The SMILES string of the molecule is COC(=O)[C@H](C)[C@@H](NC(=O)c1ccncc1F)c1ccccc1. The monoisotopic (exact) mass is 316 g/mol. The molecule has 2 atom stereocenters. The zero-order valence-electron chi connectivity index (χ0n) is 12.8. The first-order valence-corrected chi connectivity index (χ1v) is 7.07. The minimum Gasteiger partial charge on any atom is -0.469 e. The van der Waals surface area contributed by atoms with E-state index in [2.05, 4.69) is 10.3 Å². The molecule has 0 aliphatic heterocycles. The van der Waals surface area contributed by atoms with Crippen molar-refractivity contribution in [2.45, 2.75) is 13.0 Å². The Morgan fingerprint density at radius 2 is 1.91 bits per heavy atom. The van der Waals surface area contributed by atoms with Gasteiger partial charge in [-0.1, -0.05) is 30.3 Å². The fourth-order valence-electron chi connectivity index (χ4n) is 2.26. The first-order chi connectivity index (χ1) is 11.0. The highest BCUT2D eigenvalue weighted by Crippen LogP contribution is 2.23. The Morgan fingerprint density at radius 3 is 2.52 bits per heavy atom. The molecule has 23 heavy (non-hydrogen) atoms. The van der Waals surface area contributed by atoms with Gasteiger partial charge in [0.25, 0.3) is 5.91 Å². The standard InChI is InChI=1S/C17H17FN2O3/c1-11(17(22)23-2)15(12-6-4-3-5-7-12)20-16(21)13-8-9-19-10-14(13)18/h3-11,15H,1-2H3,(H,20,21)/t11-,15-/m1/s1. The Morgan fingerprint density at radius 1 is 1.22 bits per heavy atom. The van der Waals surface area contributed by atoms with Crippen LogP contribution in [0.15, 0.2) is 48.8 Å². The maximum atomic E-state index is 13.7. The number of rotatable bonds is 5. The first kappa shape index (κ1) is 16.6. The molecule has 0 bridgehead atoms. The van der Waals surface area contributed by atoms with Gasteiger partial charge in [-0.15, -0.1) is 0 Å². The number of nitrogens with one attached hydrogen (secondary N) is 1. The topological polar surface area (TPSA) is 68.3 Å². The van der Waals surface area contributed by atoms with Crippen LogP contribution in [0.1, 0.15) is 28.9 Å². The van der Waals surface area contributed by atoms with Crippen molar-refractivity contribution in [3.8, 4) is 0 Å². The van der Waals surface area contributed by atoms with Crippen LogP contribution < -0.4 is 5.32 Å². The van der Waals surface area contributed by atoms with E-state index in [0.717, 1.165) is 11.8 Å². The van der Waals surface area contributed by atoms with E-state index in [-0.39, 0.29) is 5.56 Å². The molecular formula is C17H17FN2O3. The molecule has 0 aliphatic carbocycles. The number of hydrogen-bond donors (Lipinski definition) is 1. The number of nitrogens with zero attached hydrogens (tertiary/aromatic N) is 1. The average Bonchev–Trinajstić information content (AvgIpc) is 2.59. The van der Waals surface area contributed by atoms with Crippen LogP contribution in [-0.4, -0.2) is 24.0 Å². The summed E-state index contributed by atoms with van der Waals surface area (Å²) in [4.78, 5) is 27.8. The highest BCUT2D eigenvalue weighted by atomic mass is 19.1. The van der Waals surface area contributed by atoms with Crippen LogP contribution >= 0.6 is 0 Å². The lowest BCUT2D eigenvalue weighted by Gasteiger charge is -2.24. The Bertz CT molecular complexity index is 691. The summed E-state index contributed by atoms with van der Waals surface area (Å²) in [7, 11) is 1.28. The molecule has 6 heteroatoms. The van der Waals surface area contributed by atoms with Crippen LogP contribution in [0.25, 0.3) is 0 Å². The van der Waals surface area contributed by atoms with Crippen molar-refractivity contribution in [3.05, 3.63) is 65.7 Å². The molecule has 0 saturated heterocycles. The zero-order chi connectivity index (χ0) is 16.8. The summed E-state index contributed by atoms with van der Waals surface area (Å²) >= 11 is 0. The summed E-state index contributed by atoms with van der Waals surface area (Å²) in [5.41, 5.74) is 0.603. The van der Waals surface area contributed by atoms with Crippen LogP contribution in [0.4, 0.5) is 4.39 Å². The van der Waals surface area contributed by atoms with Gasteiger partial charge in [-0.2, -0.15) is 0 Å². The third-order valence-corrected chi connectivity index (χ3v) is 3.54. The quantitative estimate of drug-likeness (QED) is 0.861. The van der Waals surface area contributed by atoms with E-state index in [1.54, 1.807) is 31.2 Å². The molecule has 0 saturated carbocycles. The molecule has 5 nitrogen and oxygen atoms in total. The summed E-state index contributed by atoms with van der Waals surface area (Å²) in [5, 5.41) is 2.70. The lowest BCUT2D eigenvalue weighted by atomic mass is 9.94. The Balaban J connectivity index is 2.30. The summed E-state index contributed by atoms with van der Waals surface area (Å²) in [6.45, 7) is 1.65. The number of halogens is 1. The van der Waals surface area contributed by atoms with E-state index in [0.29, 0.717) is 0 Å². The summed E-state index contributed by atoms with van der Waals surface area (Å²) in [6.07, 6.45) is 2.30. The summed E-state index contributed by atoms with van der Waals surface area (Å²) < 4.78 is 18.5. The van der Waals surface area contributed by atoms with Crippen LogP contribution in [-0.2, 0) is 9.53 Å². The number of ether oxygens (including phenoxy) is 1. The van der Waals surface area contributed by atoms with Gasteiger partial charge >= 0.3 is 5.97 Å². The normalized spacial score (nSPS) is 13.0. The van der Waals surface area contributed by atoms with Gasteiger partial charge in [0.2, 0.25) is 0 Å². The van der Waals surface area contributed by atoms with Crippen molar-refractivity contribution in [3.63, 3.8) is 0 Å². The van der Waals surface area contributed by atoms with Crippen molar-refractivity contribution in [1.29, 1.82) is 0 Å². The first-order valence-electron chi connectivity index (χ1n) is 7.07. The number of pyridine rings is 1. The van der Waals surface area contributed by atoms with Gasteiger partial charge in [0.05, 0.1) is 30.8 Å². The van der Waals surface area contributed by atoms with Crippen molar-refractivity contribution >= 4 is 11.9 Å².